The molecule has 0 spiro atoms. The van der Waals surface area contributed by atoms with Crippen molar-refractivity contribution < 1.29 is 4.79 Å². The molecule has 2 bridgehead atoms. The van der Waals surface area contributed by atoms with Crippen molar-refractivity contribution in [2.45, 2.75) is 46.1 Å². The van der Waals surface area contributed by atoms with Crippen molar-refractivity contribution in [1.82, 2.24) is 9.88 Å². The predicted molar refractivity (Wildman–Crippen MR) is 93.2 cm³/mol. The maximum absolute atomic E-state index is 13.0. The summed E-state index contributed by atoms with van der Waals surface area (Å²) in [4.78, 5) is 18.4. The van der Waals surface area contributed by atoms with Gasteiger partial charge in [0, 0.05) is 29.7 Å². The molecule has 1 aromatic carbocycles. The number of amides is 1. The lowest BCUT2D eigenvalue weighted by molar-refractivity contribution is -0.132. The molecule has 3 nitrogen and oxygen atoms in total. The molecule has 3 atom stereocenters. The molecule has 3 heteroatoms. The number of para-hydroxylation sites is 1. The van der Waals surface area contributed by atoms with Gasteiger partial charge in [-0.1, -0.05) is 39.0 Å². The van der Waals surface area contributed by atoms with E-state index in [1.165, 1.54) is 18.2 Å². The number of likely N-dealkylation sites (tertiary alicyclic amines) is 1. The summed E-state index contributed by atoms with van der Waals surface area (Å²) in [5.41, 5.74) is 2.59. The zero-order valence-corrected chi connectivity index (χ0v) is 14.3. The molecule has 2 fully saturated rings. The van der Waals surface area contributed by atoms with E-state index >= 15 is 0 Å². The molecule has 0 unspecified atom stereocenters. The number of rotatable bonds is 2. The maximum Gasteiger partial charge on any atom is 0.227 e. The average molecular weight is 310 g/mol. The number of aromatic amines is 1. The maximum atomic E-state index is 13.0. The first kappa shape index (κ1) is 14.8. The molecule has 23 heavy (non-hydrogen) atoms. The van der Waals surface area contributed by atoms with Crippen LogP contribution < -0.4 is 0 Å². The minimum atomic E-state index is 0.298. The normalized spacial score (nSPS) is 29.2. The van der Waals surface area contributed by atoms with E-state index in [2.05, 4.69) is 42.8 Å². The molecule has 1 aromatic heterocycles. The quantitative estimate of drug-likeness (QED) is 0.894. The lowest BCUT2D eigenvalue weighted by Crippen LogP contribution is -2.44. The Kier molecular flexibility index (Phi) is 3.29. The van der Waals surface area contributed by atoms with E-state index in [1.54, 1.807) is 0 Å². The summed E-state index contributed by atoms with van der Waals surface area (Å²) in [6.07, 6.45) is 4.96. The van der Waals surface area contributed by atoms with Gasteiger partial charge in [0.2, 0.25) is 5.91 Å². The summed E-state index contributed by atoms with van der Waals surface area (Å²) in [7, 11) is 0. The summed E-state index contributed by atoms with van der Waals surface area (Å²) >= 11 is 0. The Morgan fingerprint density at radius 3 is 2.96 bits per heavy atom. The minimum Gasteiger partial charge on any atom is -0.361 e. The van der Waals surface area contributed by atoms with E-state index in [9.17, 15) is 4.79 Å². The molecule has 122 valence electrons. The highest BCUT2D eigenvalue weighted by Gasteiger charge is 2.49. The van der Waals surface area contributed by atoms with Crippen LogP contribution in [-0.4, -0.2) is 28.4 Å². The Morgan fingerprint density at radius 2 is 2.13 bits per heavy atom. The number of nitrogens with one attached hydrogen (secondary N) is 1. The van der Waals surface area contributed by atoms with Crippen LogP contribution in [0.25, 0.3) is 10.9 Å². The van der Waals surface area contributed by atoms with Gasteiger partial charge in [-0.25, -0.2) is 0 Å². The first-order chi connectivity index (χ1) is 11.0. The van der Waals surface area contributed by atoms with Crippen LogP contribution in [0.2, 0.25) is 0 Å². The second-order valence-electron chi connectivity index (χ2n) is 8.23. The fraction of sp³-hybridized carbons (Fsp3) is 0.550. The number of aromatic nitrogens is 1. The van der Waals surface area contributed by atoms with Gasteiger partial charge in [-0.2, -0.15) is 0 Å². The Balaban J connectivity index is 1.56. The van der Waals surface area contributed by atoms with Crippen LogP contribution in [0.3, 0.4) is 0 Å². The lowest BCUT2D eigenvalue weighted by atomic mass is 9.65. The first-order valence-corrected chi connectivity index (χ1v) is 8.80. The highest BCUT2D eigenvalue weighted by molar-refractivity contribution is 5.89. The first-order valence-electron chi connectivity index (χ1n) is 8.80. The SMILES string of the molecule is C[C@@H]1[C@H]2C[C@H](CN2C(=O)Cc2c[nH]c3ccccc23)CC1(C)C. The molecule has 1 saturated carbocycles. The summed E-state index contributed by atoms with van der Waals surface area (Å²) in [5, 5.41) is 1.18. The second kappa shape index (κ2) is 5.12. The molecule has 1 N–H and O–H groups in total. The van der Waals surface area contributed by atoms with E-state index in [4.69, 9.17) is 0 Å². The number of carbonyl (C=O) groups excluding carboxylic acids is 1. The number of hydrogen-bond donors (Lipinski definition) is 1. The number of H-pyrrole nitrogens is 1. The summed E-state index contributed by atoms with van der Waals surface area (Å²) in [6.45, 7) is 8.02. The second-order valence-corrected chi connectivity index (χ2v) is 8.23. The summed E-state index contributed by atoms with van der Waals surface area (Å²) in [6, 6.07) is 8.66. The molecular formula is C20H26N2O. The zero-order chi connectivity index (χ0) is 16.2. The van der Waals surface area contributed by atoms with Crippen LogP contribution >= 0.6 is 0 Å². The van der Waals surface area contributed by atoms with E-state index in [1.807, 2.05) is 18.3 Å². The number of fused-ring (bicyclic) bond motifs is 3. The van der Waals surface area contributed by atoms with Gasteiger partial charge < -0.3 is 9.88 Å². The Bertz CT molecular complexity index is 745. The highest BCUT2D eigenvalue weighted by Crippen LogP contribution is 2.49. The monoisotopic (exact) mass is 310 g/mol. The predicted octanol–water partition coefficient (Wildman–Crippen LogP) is 3.99. The van der Waals surface area contributed by atoms with Gasteiger partial charge >= 0.3 is 0 Å². The fourth-order valence-corrected chi connectivity index (χ4v) is 4.86. The third-order valence-corrected chi connectivity index (χ3v) is 6.39. The van der Waals surface area contributed by atoms with Crippen molar-refractivity contribution in [3.8, 4) is 0 Å². The van der Waals surface area contributed by atoms with Gasteiger partial charge in [-0.15, -0.1) is 0 Å². The third-order valence-electron chi connectivity index (χ3n) is 6.39. The molecule has 1 amide bonds. The molecule has 2 heterocycles. The van der Waals surface area contributed by atoms with Crippen molar-refractivity contribution in [1.29, 1.82) is 0 Å². The molecule has 4 rings (SSSR count). The van der Waals surface area contributed by atoms with Gasteiger partial charge in [-0.05, 0) is 41.7 Å². The van der Waals surface area contributed by atoms with Crippen LogP contribution in [0.15, 0.2) is 30.5 Å². The van der Waals surface area contributed by atoms with Gasteiger partial charge in [-0.3, -0.25) is 4.79 Å². The van der Waals surface area contributed by atoms with Crippen LogP contribution in [-0.2, 0) is 11.2 Å². The van der Waals surface area contributed by atoms with Gasteiger partial charge in [0.25, 0.3) is 0 Å². The molecular weight excluding hydrogens is 284 g/mol. The Morgan fingerprint density at radius 1 is 1.35 bits per heavy atom. The van der Waals surface area contributed by atoms with E-state index in [-0.39, 0.29) is 0 Å². The smallest absolute Gasteiger partial charge is 0.227 e. The van der Waals surface area contributed by atoms with Crippen LogP contribution in [0.5, 0.6) is 0 Å². The number of hydrogen-bond acceptors (Lipinski definition) is 1. The topological polar surface area (TPSA) is 36.1 Å². The van der Waals surface area contributed by atoms with Crippen molar-refractivity contribution in [2.24, 2.45) is 17.3 Å². The number of carbonyl (C=O) groups is 1. The van der Waals surface area contributed by atoms with Crippen LogP contribution in [0.4, 0.5) is 0 Å². The van der Waals surface area contributed by atoms with E-state index in [0.29, 0.717) is 35.6 Å². The fourth-order valence-electron chi connectivity index (χ4n) is 4.86. The Labute approximate surface area is 138 Å². The van der Waals surface area contributed by atoms with Crippen LogP contribution in [0, 0.1) is 17.3 Å². The average Bonchev–Trinajstić information content (AvgIpc) is 3.08. The van der Waals surface area contributed by atoms with Gasteiger partial charge in [0.15, 0.2) is 0 Å². The molecule has 1 aliphatic carbocycles. The lowest BCUT2D eigenvalue weighted by Gasteiger charge is -2.42. The van der Waals surface area contributed by atoms with Crippen LogP contribution in [0.1, 0.15) is 39.2 Å². The minimum absolute atomic E-state index is 0.298. The molecule has 0 radical (unpaired) electrons. The van der Waals surface area contributed by atoms with Gasteiger partial charge in [0.1, 0.15) is 0 Å². The van der Waals surface area contributed by atoms with E-state index in [0.717, 1.165) is 17.6 Å². The largest absolute Gasteiger partial charge is 0.361 e. The Hall–Kier alpha value is -1.77. The zero-order valence-electron chi connectivity index (χ0n) is 14.3. The number of nitrogens with zero attached hydrogens (tertiary/aromatic N) is 1. The molecule has 1 saturated heterocycles. The van der Waals surface area contributed by atoms with Gasteiger partial charge in [0.05, 0.1) is 6.42 Å². The molecule has 2 aliphatic rings. The third kappa shape index (κ3) is 2.37. The molecule has 1 aliphatic heterocycles. The number of benzene rings is 1. The standard InChI is InChI=1S/C20H26N2O/c1-13-18-8-14(10-20(13,2)3)12-22(18)19(23)9-15-11-21-17-7-5-4-6-16(15)17/h4-7,11,13-14,18,21H,8-10,12H2,1-3H3/t13-,14+,18-/m1/s1. The van der Waals surface area contributed by atoms with Crippen molar-refractivity contribution in [3.05, 3.63) is 36.0 Å². The highest BCUT2D eigenvalue weighted by atomic mass is 16.2. The van der Waals surface area contributed by atoms with E-state index < -0.39 is 0 Å². The summed E-state index contributed by atoms with van der Waals surface area (Å²) in [5.74, 6) is 1.57. The van der Waals surface area contributed by atoms with Crippen molar-refractivity contribution in [3.63, 3.8) is 0 Å². The van der Waals surface area contributed by atoms with Crippen molar-refractivity contribution in [2.75, 3.05) is 6.54 Å². The summed E-state index contributed by atoms with van der Waals surface area (Å²) < 4.78 is 0. The van der Waals surface area contributed by atoms with Crippen molar-refractivity contribution >= 4 is 16.8 Å². The molecule has 2 aromatic rings.